The number of carbonyl (C=O) groups excluding carboxylic acids is 2. The van der Waals surface area contributed by atoms with E-state index in [9.17, 15) is 14.4 Å². The van der Waals surface area contributed by atoms with Gasteiger partial charge in [0, 0.05) is 10.7 Å². The maximum Gasteiger partial charge on any atom is 0.348 e. The third-order valence-electron chi connectivity index (χ3n) is 5.87. The predicted molar refractivity (Wildman–Crippen MR) is 145 cm³/mol. The minimum absolute atomic E-state index is 0.0556. The second-order valence-electron chi connectivity index (χ2n) is 8.36. The van der Waals surface area contributed by atoms with Crippen molar-refractivity contribution in [2.75, 3.05) is 18.5 Å². The molecule has 1 amide bonds. The molecular weight excluding hydrogens is 514 g/mol. The average molecular weight is 540 g/mol. The Morgan fingerprint density at radius 3 is 2.62 bits per heavy atom. The molecule has 0 radical (unpaired) electrons. The summed E-state index contributed by atoms with van der Waals surface area (Å²) in [5, 5.41) is 3.65. The van der Waals surface area contributed by atoms with Crippen LogP contribution in [0.15, 0.2) is 59.7 Å². The zero-order chi connectivity index (χ0) is 26.5. The van der Waals surface area contributed by atoms with Crippen molar-refractivity contribution in [3.8, 4) is 5.75 Å². The van der Waals surface area contributed by atoms with Crippen LogP contribution in [0.1, 0.15) is 40.2 Å². The van der Waals surface area contributed by atoms with Crippen LogP contribution in [-0.2, 0) is 9.53 Å². The largest absolute Gasteiger partial charge is 0.490 e. The van der Waals surface area contributed by atoms with Crippen LogP contribution in [0.25, 0.3) is 10.2 Å². The smallest absolute Gasteiger partial charge is 0.348 e. The van der Waals surface area contributed by atoms with Gasteiger partial charge in [-0.3, -0.25) is 14.2 Å². The van der Waals surface area contributed by atoms with Gasteiger partial charge in [0.2, 0.25) is 5.91 Å². The molecule has 8 nitrogen and oxygen atoms in total. The summed E-state index contributed by atoms with van der Waals surface area (Å²) in [6, 6.07) is 13.6. The number of thiophene rings is 1. The number of fused-ring (bicyclic) bond motifs is 1. The molecule has 2 aromatic carbocycles. The molecule has 4 aromatic rings. The van der Waals surface area contributed by atoms with Gasteiger partial charge in [0.05, 0.1) is 11.7 Å². The molecule has 1 N–H and O–H groups in total. The zero-order valence-electron chi connectivity index (χ0n) is 20.6. The van der Waals surface area contributed by atoms with Crippen molar-refractivity contribution in [3.63, 3.8) is 0 Å². The third kappa shape index (κ3) is 5.84. The van der Waals surface area contributed by atoms with Gasteiger partial charge in [0.25, 0.3) is 5.56 Å². The summed E-state index contributed by atoms with van der Waals surface area (Å²) in [5.74, 6) is -0.229. The predicted octanol–water partition coefficient (Wildman–Crippen LogP) is 5.55. The molecule has 0 saturated heterocycles. The number of aryl methyl sites for hydroxylation is 2. The summed E-state index contributed by atoms with van der Waals surface area (Å²) in [6.07, 6.45) is 1.71. The van der Waals surface area contributed by atoms with Gasteiger partial charge in [-0.05, 0) is 55.7 Å². The number of rotatable bonds is 9. The molecule has 10 heteroatoms. The van der Waals surface area contributed by atoms with Gasteiger partial charge < -0.3 is 14.8 Å². The van der Waals surface area contributed by atoms with E-state index in [-0.39, 0.29) is 19.1 Å². The molecule has 192 valence electrons. The number of aromatic nitrogens is 2. The molecule has 0 saturated carbocycles. The number of nitrogens with zero attached hydrogens (tertiary/aromatic N) is 2. The minimum atomic E-state index is -0.799. The molecule has 1 unspecified atom stereocenters. The lowest BCUT2D eigenvalue weighted by atomic mass is 10.1. The van der Waals surface area contributed by atoms with Crippen LogP contribution in [0.3, 0.4) is 0 Å². The Balaban J connectivity index is 1.52. The minimum Gasteiger partial charge on any atom is -0.490 e. The molecule has 0 spiro atoms. The van der Waals surface area contributed by atoms with E-state index in [2.05, 4.69) is 10.3 Å². The van der Waals surface area contributed by atoms with Crippen molar-refractivity contribution < 1.29 is 19.1 Å². The average Bonchev–Trinajstić information content (AvgIpc) is 3.23. The van der Waals surface area contributed by atoms with Crippen LogP contribution < -0.4 is 15.6 Å². The fourth-order valence-corrected chi connectivity index (χ4v) is 5.09. The lowest BCUT2D eigenvalue weighted by Gasteiger charge is -2.18. The summed E-state index contributed by atoms with van der Waals surface area (Å²) in [4.78, 5) is 44.4. The first-order valence-corrected chi connectivity index (χ1v) is 12.9. The fraction of sp³-hybridized carbons (Fsp3) is 0.259. The highest BCUT2D eigenvalue weighted by Crippen LogP contribution is 2.28. The summed E-state index contributed by atoms with van der Waals surface area (Å²) in [7, 11) is 0. The number of para-hydroxylation sites is 1. The maximum atomic E-state index is 13.4. The number of hydrogen-bond donors (Lipinski definition) is 1. The Bertz CT molecular complexity index is 1500. The number of halogens is 1. The second kappa shape index (κ2) is 11.6. The Kier molecular flexibility index (Phi) is 8.25. The summed E-state index contributed by atoms with van der Waals surface area (Å²) in [6.45, 7) is 5.60. The van der Waals surface area contributed by atoms with Crippen molar-refractivity contribution in [2.24, 2.45) is 0 Å². The molecule has 4 rings (SSSR count). The highest BCUT2D eigenvalue weighted by Gasteiger charge is 2.25. The van der Waals surface area contributed by atoms with E-state index in [4.69, 9.17) is 21.1 Å². The molecular formula is C27H26ClN3O5S. The number of amides is 1. The number of ether oxygens (including phenoxy) is 2. The number of hydrogen-bond acceptors (Lipinski definition) is 7. The lowest BCUT2D eigenvalue weighted by molar-refractivity contribution is -0.119. The van der Waals surface area contributed by atoms with E-state index in [0.29, 0.717) is 43.5 Å². The number of nitrogens with one attached hydrogen (secondary N) is 1. The number of carbonyl (C=O) groups is 2. The SMILES string of the molecule is CCC(C(=O)Nc1cc(Cl)ccc1C)n1cnc2sc(C(=O)OCCOc3ccccc3)c(C)c2c1=O. The molecule has 0 bridgehead atoms. The van der Waals surface area contributed by atoms with Crippen molar-refractivity contribution in [1.29, 1.82) is 0 Å². The monoisotopic (exact) mass is 539 g/mol. The number of esters is 1. The van der Waals surface area contributed by atoms with E-state index in [1.807, 2.05) is 50.2 Å². The quantitative estimate of drug-likeness (QED) is 0.221. The summed E-state index contributed by atoms with van der Waals surface area (Å²) in [5.41, 5.74) is 1.50. The molecule has 2 aromatic heterocycles. The Hall–Kier alpha value is -3.69. The first-order chi connectivity index (χ1) is 17.8. The molecule has 0 aliphatic rings. The van der Waals surface area contributed by atoms with Crippen molar-refractivity contribution in [3.05, 3.63) is 86.2 Å². The normalized spacial score (nSPS) is 11.8. The van der Waals surface area contributed by atoms with Crippen LogP contribution in [-0.4, -0.2) is 34.6 Å². The van der Waals surface area contributed by atoms with E-state index in [0.717, 1.165) is 16.9 Å². The first-order valence-electron chi connectivity index (χ1n) is 11.7. The number of anilines is 1. The zero-order valence-corrected chi connectivity index (χ0v) is 22.2. The van der Waals surface area contributed by atoms with Gasteiger partial charge in [0.1, 0.15) is 34.7 Å². The van der Waals surface area contributed by atoms with Gasteiger partial charge in [-0.2, -0.15) is 0 Å². The maximum absolute atomic E-state index is 13.4. The number of benzene rings is 2. The summed E-state index contributed by atoms with van der Waals surface area (Å²) < 4.78 is 12.2. The van der Waals surface area contributed by atoms with Crippen LogP contribution in [0.2, 0.25) is 5.02 Å². The highest BCUT2D eigenvalue weighted by molar-refractivity contribution is 7.20. The second-order valence-corrected chi connectivity index (χ2v) is 9.80. The van der Waals surface area contributed by atoms with Gasteiger partial charge in [0.15, 0.2) is 0 Å². The van der Waals surface area contributed by atoms with Crippen LogP contribution in [0.4, 0.5) is 5.69 Å². The van der Waals surface area contributed by atoms with Crippen LogP contribution in [0, 0.1) is 13.8 Å². The molecule has 0 aliphatic heterocycles. The van der Waals surface area contributed by atoms with Gasteiger partial charge >= 0.3 is 5.97 Å². The van der Waals surface area contributed by atoms with E-state index in [1.54, 1.807) is 19.1 Å². The lowest BCUT2D eigenvalue weighted by Crippen LogP contribution is -2.33. The van der Waals surface area contributed by atoms with Crippen molar-refractivity contribution in [2.45, 2.75) is 33.2 Å². The van der Waals surface area contributed by atoms with Crippen LogP contribution >= 0.6 is 22.9 Å². The molecule has 0 aliphatic carbocycles. The van der Waals surface area contributed by atoms with Crippen LogP contribution in [0.5, 0.6) is 5.75 Å². The van der Waals surface area contributed by atoms with Crippen molar-refractivity contribution >= 4 is 50.7 Å². The third-order valence-corrected chi connectivity index (χ3v) is 7.29. The topological polar surface area (TPSA) is 99.5 Å². The Labute approximate surface area is 222 Å². The standard InChI is InChI=1S/C27H26ClN3O5S/c1-4-21(24(32)30-20-14-18(28)11-10-16(20)2)31-15-29-25-22(26(31)33)17(3)23(37-25)27(34)36-13-12-35-19-8-6-5-7-9-19/h5-11,14-15,21H,4,12-13H2,1-3H3,(H,30,32). The first kappa shape index (κ1) is 26.4. The Morgan fingerprint density at radius 2 is 1.89 bits per heavy atom. The van der Waals surface area contributed by atoms with Gasteiger partial charge in [-0.1, -0.05) is 42.8 Å². The molecule has 0 fully saturated rings. The van der Waals surface area contributed by atoms with E-state index < -0.39 is 17.6 Å². The molecule has 1 atom stereocenters. The van der Waals surface area contributed by atoms with E-state index >= 15 is 0 Å². The van der Waals surface area contributed by atoms with Gasteiger partial charge in [-0.15, -0.1) is 11.3 Å². The Morgan fingerprint density at radius 1 is 1.14 bits per heavy atom. The molecule has 37 heavy (non-hydrogen) atoms. The van der Waals surface area contributed by atoms with Crippen molar-refractivity contribution in [1.82, 2.24) is 9.55 Å². The highest BCUT2D eigenvalue weighted by atomic mass is 35.5. The fourth-order valence-electron chi connectivity index (χ4n) is 3.88. The molecule has 2 heterocycles. The summed E-state index contributed by atoms with van der Waals surface area (Å²) >= 11 is 7.16. The van der Waals surface area contributed by atoms with Gasteiger partial charge in [-0.25, -0.2) is 9.78 Å². The van der Waals surface area contributed by atoms with E-state index in [1.165, 1.54) is 10.9 Å².